The molecule has 2 aromatic rings. The van der Waals surface area contributed by atoms with E-state index in [2.05, 4.69) is 5.32 Å². The Morgan fingerprint density at radius 1 is 1.29 bits per heavy atom. The fourth-order valence-corrected chi connectivity index (χ4v) is 4.16. The molecule has 1 saturated heterocycles. The van der Waals surface area contributed by atoms with Crippen molar-refractivity contribution in [2.24, 2.45) is 0 Å². The van der Waals surface area contributed by atoms with E-state index in [1.165, 1.54) is 29.7 Å². The number of hydrogen-bond donors (Lipinski definition) is 1. The second-order valence-corrected chi connectivity index (χ2v) is 7.87. The minimum atomic E-state index is -0.727. The molecule has 0 aliphatic carbocycles. The predicted molar refractivity (Wildman–Crippen MR) is 103 cm³/mol. The van der Waals surface area contributed by atoms with Gasteiger partial charge in [-0.3, -0.25) is 19.8 Å². The fraction of sp³-hybridized carbons (Fsp3) is 0.250. The lowest BCUT2D eigenvalue weighted by Crippen LogP contribution is -2.54. The topological polar surface area (TPSA) is 69.7 Å². The van der Waals surface area contributed by atoms with Crippen molar-refractivity contribution >= 4 is 34.9 Å². The van der Waals surface area contributed by atoms with Gasteiger partial charge in [-0.2, -0.15) is 0 Å². The monoisotopic (exact) mass is 399 g/mol. The molecular weight excluding hydrogens is 381 g/mol. The van der Waals surface area contributed by atoms with Crippen molar-refractivity contribution < 1.29 is 18.8 Å². The average molecular weight is 399 g/mol. The van der Waals surface area contributed by atoms with Gasteiger partial charge in [0.15, 0.2) is 0 Å². The highest BCUT2D eigenvalue weighted by atomic mass is 32.1. The molecule has 6 nitrogen and oxygen atoms in total. The average Bonchev–Trinajstić information content (AvgIpc) is 3.17. The van der Waals surface area contributed by atoms with E-state index in [1.807, 2.05) is 29.3 Å². The molecule has 3 heterocycles. The lowest BCUT2D eigenvalue weighted by molar-refractivity contribution is -0.130. The van der Waals surface area contributed by atoms with Crippen LogP contribution in [0.3, 0.4) is 0 Å². The van der Waals surface area contributed by atoms with Gasteiger partial charge < -0.3 is 4.90 Å². The van der Waals surface area contributed by atoms with Gasteiger partial charge in [-0.25, -0.2) is 9.18 Å². The maximum Gasteiger partial charge on any atom is 0.331 e. The van der Waals surface area contributed by atoms with Gasteiger partial charge in [-0.15, -0.1) is 11.3 Å². The number of halogens is 1. The summed E-state index contributed by atoms with van der Waals surface area (Å²) in [4.78, 5) is 41.1. The van der Waals surface area contributed by atoms with Crippen LogP contribution >= 0.6 is 11.3 Å². The van der Waals surface area contributed by atoms with Crippen LogP contribution in [0.4, 0.5) is 14.9 Å². The summed E-state index contributed by atoms with van der Waals surface area (Å²) in [5, 5.41) is 4.09. The molecule has 0 bridgehead atoms. The van der Waals surface area contributed by atoms with E-state index >= 15 is 0 Å². The van der Waals surface area contributed by atoms with Gasteiger partial charge in [0.05, 0.1) is 6.54 Å². The van der Waals surface area contributed by atoms with Gasteiger partial charge in [-0.05, 0) is 55.0 Å². The molecule has 0 saturated carbocycles. The molecular formula is C20H18FN3O3S. The van der Waals surface area contributed by atoms with Crippen LogP contribution in [0.25, 0.3) is 0 Å². The Kier molecular flexibility index (Phi) is 4.72. The van der Waals surface area contributed by atoms with Crippen molar-refractivity contribution in [1.29, 1.82) is 0 Å². The highest BCUT2D eigenvalue weighted by Gasteiger charge is 2.37. The number of nitrogens with zero attached hydrogens (tertiary/aromatic N) is 2. The SMILES string of the molecule is CC1CCc2cc(F)ccc2N1C=C1C(=O)NC(=O)N(Cc2cccs2)C1=O. The van der Waals surface area contributed by atoms with Crippen LogP contribution < -0.4 is 10.2 Å². The number of barbiturate groups is 1. The number of imide groups is 2. The molecule has 2 aliphatic rings. The Morgan fingerprint density at radius 3 is 2.86 bits per heavy atom. The van der Waals surface area contributed by atoms with Crippen LogP contribution in [0.5, 0.6) is 0 Å². The summed E-state index contributed by atoms with van der Waals surface area (Å²) in [6.45, 7) is 2.08. The van der Waals surface area contributed by atoms with Crippen LogP contribution in [0.1, 0.15) is 23.8 Å². The zero-order valence-electron chi connectivity index (χ0n) is 15.1. The number of carbonyl (C=O) groups is 3. The van der Waals surface area contributed by atoms with Crippen molar-refractivity contribution in [2.45, 2.75) is 32.4 Å². The van der Waals surface area contributed by atoms with Crippen LogP contribution in [-0.2, 0) is 22.6 Å². The Bertz CT molecular complexity index is 987. The molecule has 2 aliphatic heterocycles. The molecule has 4 amide bonds. The summed E-state index contributed by atoms with van der Waals surface area (Å²) in [6, 6.07) is 7.43. The number of thiophene rings is 1. The van der Waals surface area contributed by atoms with Crippen molar-refractivity contribution in [3.63, 3.8) is 0 Å². The largest absolute Gasteiger partial charge is 0.344 e. The van der Waals surface area contributed by atoms with E-state index in [0.29, 0.717) is 0 Å². The van der Waals surface area contributed by atoms with E-state index < -0.39 is 17.8 Å². The van der Waals surface area contributed by atoms with Crippen molar-refractivity contribution in [3.05, 3.63) is 63.7 Å². The molecule has 1 unspecified atom stereocenters. The summed E-state index contributed by atoms with van der Waals surface area (Å²) in [7, 11) is 0. The van der Waals surface area contributed by atoms with Crippen LogP contribution in [0.2, 0.25) is 0 Å². The molecule has 0 spiro atoms. The Labute approximate surface area is 165 Å². The molecule has 144 valence electrons. The third-order valence-corrected chi connectivity index (χ3v) is 5.84. The number of aryl methyl sites for hydroxylation is 1. The van der Waals surface area contributed by atoms with Gasteiger partial charge in [0, 0.05) is 22.8 Å². The first-order chi connectivity index (χ1) is 13.4. The molecule has 1 fully saturated rings. The third kappa shape index (κ3) is 3.31. The van der Waals surface area contributed by atoms with Gasteiger partial charge in [0.25, 0.3) is 11.8 Å². The Morgan fingerprint density at radius 2 is 2.11 bits per heavy atom. The van der Waals surface area contributed by atoms with E-state index in [1.54, 1.807) is 6.07 Å². The highest BCUT2D eigenvalue weighted by molar-refractivity contribution is 7.09. The molecule has 1 atom stereocenters. The summed E-state index contributed by atoms with van der Waals surface area (Å²) in [6.07, 6.45) is 2.96. The van der Waals surface area contributed by atoms with E-state index in [-0.39, 0.29) is 24.0 Å². The number of rotatable bonds is 3. The van der Waals surface area contributed by atoms with Gasteiger partial charge in [0.2, 0.25) is 0 Å². The van der Waals surface area contributed by atoms with Gasteiger partial charge >= 0.3 is 6.03 Å². The summed E-state index contributed by atoms with van der Waals surface area (Å²) in [5.74, 6) is -1.68. The molecule has 1 aromatic carbocycles. The Hall–Kier alpha value is -3.00. The van der Waals surface area contributed by atoms with Crippen LogP contribution in [0.15, 0.2) is 47.5 Å². The van der Waals surface area contributed by atoms with Crippen LogP contribution in [-0.4, -0.2) is 28.8 Å². The summed E-state index contributed by atoms with van der Waals surface area (Å²) < 4.78 is 13.6. The van der Waals surface area contributed by atoms with Crippen LogP contribution in [0, 0.1) is 5.82 Å². The zero-order chi connectivity index (χ0) is 19.8. The number of hydrogen-bond acceptors (Lipinski definition) is 5. The van der Waals surface area contributed by atoms with E-state index in [0.717, 1.165) is 33.9 Å². The van der Waals surface area contributed by atoms with Gasteiger partial charge in [0.1, 0.15) is 11.4 Å². The standard InChI is InChI=1S/C20H18FN3O3S/c1-12-4-5-13-9-14(21)6-7-17(13)23(12)11-16-18(25)22-20(27)24(19(16)26)10-15-3-2-8-28-15/h2-3,6-9,11-12H,4-5,10H2,1H3,(H,22,25,27). The van der Waals surface area contributed by atoms with Crippen molar-refractivity contribution in [3.8, 4) is 0 Å². The summed E-state index contributed by atoms with van der Waals surface area (Å²) >= 11 is 1.43. The molecule has 0 radical (unpaired) electrons. The normalized spacial score (nSPS) is 21.1. The molecule has 4 rings (SSSR count). The number of nitrogens with one attached hydrogen (secondary N) is 1. The number of fused-ring (bicyclic) bond motifs is 1. The second kappa shape index (κ2) is 7.20. The predicted octanol–water partition coefficient (Wildman–Crippen LogP) is 3.19. The second-order valence-electron chi connectivity index (χ2n) is 6.84. The minimum Gasteiger partial charge on any atom is -0.344 e. The first-order valence-corrected chi connectivity index (χ1v) is 9.80. The number of benzene rings is 1. The lowest BCUT2D eigenvalue weighted by atomic mass is 9.96. The minimum absolute atomic E-state index is 0.0226. The molecule has 1 N–H and O–H groups in total. The fourth-order valence-electron chi connectivity index (χ4n) is 3.47. The smallest absolute Gasteiger partial charge is 0.331 e. The number of anilines is 1. The first kappa shape index (κ1) is 18.4. The molecule has 8 heteroatoms. The lowest BCUT2D eigenvalue weighted by Gasteiger charge is -2.35. The number of urea groups is 1. The first-order valence-electron chi connectivity index (χ1n) is 8.92. The van der Waals surface area contributed by atoms with Gasteiger partial charge in [-0.1, -0.05) is 6.07 Å². The van der Waals surface area contributed by atoms with Crippen molar-refractivity contribution in [1.82, 2.24) is 10.2 Å². The quantitative estimate of drug-likeness (QED) is 0.636. The molecule has 1 aromatic heterocycles. The van der Waals surface area contributed by atoms with E-state index in [9.17, 15) is 18.8 Å². The van der Waals surface area contributed by atoms with Crippen molar-refractivity contribution in [2.75, 3.05) is 4.90 Å². The molecule has 28 heavy (non-hydrogen) atoms. The highest BCUT2D eigenvalue weighted by Crippen LogP contribution is 2.32. The Balaban J connectivity index is 1.69. The maximum atomic E-state index is 13.6. The third-order valence-electron chi connectivity index (χ3n) is 4.97. The number of amides is 4. The van der Waals surface area contributed by atoms with E-state index in [4.69, 9.17) is 0 Å². The summed E-state index contributed by atoms with van der Waals surface area (Å²) in [5.41, 5.74) is 1.47. The zero-order valence-corrected chi connectivity index (χ0v) is 16.0. The maximum absolute atomic E-state index is 13.6. The number of carbonyl (C=O) groups excluding carboxylic acids is 3.